The summed E-state index contributed by atoms with van der Waals surface area (Å²) in [4.78, 5) is 0. The first-order chi connectivity index (χ1) is 8.47. The van der Waals surface area contributed by atoms with Crippen LogP contribution in [0.3, 0.4) is 0 Å². The molecule has 0 bridgehead atoms. The van der Waals surface area contributed by atoms with E-state index in [2.05, 4.69) is 0 Å². The van der Waals surface area contributed by atoms with Crippen LogP contribution < -0.4 is 15.2 Å². The van der Waals surface area contributed by atoms with Gasteiger partial charge in [0.1, 0.15) is 5.82 Å². The van der Waals surface area contributed by atoms with Crippen molar-refractivity contribution in [1.29, 1.82) is 0 Å². The van der Waals surface area contributed by atoms with E-state index in [-0.39, 0.29) is 16.5 Å². The van der Waals surface area contributed by atoms with E-state index in [0.717, 1.165) is 12.8 Å². The molecule has 0 heterocycles. The first kappa shape index (κ1) is 13.4. The lowest BCUT2D eigenvalue weighted by molar-refractivity contribution is 0.340. The summed E-state index contributed by atoms with van der Waals surface area (Å²) >= 11 is 5.91. The largest absolute Gasteiger partial charge is 0.493 e. The van der Waals surface area contributed by atoms with Gasteiger partial charge in [-0.15, -0.1) is 0 Å². The normalized spacial score (nSPS) is 18.3. The third-order valence-electron chi connectivity index (χ3n) is 3.72. The van der Waals surface area contributed by atoms with Crippen LogP contribution in [0.4, 0.5) is 4.39 Å². The lowest BCUT2D eigenvalue weighted by Gasteiger charge is -2.24. The summed E-state index contributed by atoms with van der Waals surface area (Å²) in [7, 11) is 2.99. The molecule has 1 saturated carbocycles. The van der Waals surface area contributed by atoms with E-state index in [0.29, 0.717) is 17.1 Å². The summed E-state index contributed by atoms with van der Waals surface area (Å²) in [6.45, 7) is 1.87. The molecule has 5 heteroatoms. The highest BCUT2D eigenvalue weighted by Crippen LogP contribution is 2.56. The fraction of sp³-hybridized carbons (Fsp3) is 0.538. The van der Waals surface area contributed by atoms with E-state index in [1.54, 1.807) is 0 Å². The molecule has 2 rings (SSSR count). The van der Waals surface area contributed by atoms with Gasteiger partial charge < -0.3 is 15.2 Å². The molecule has 18 heavy (non-hydrogen) atoms. The van der Waals surface area contributed by atoms with E-state index in [4.69, 9.17) is 26.8 Å². The van der Waals surface area contributed by atoms with Crippen molar-refractivity contribution in [2.45, 2.75) is 31.2 Å². The summed E-state index contributed by atoms with van der Waals surface area (Å²) in [6, 6.07) is 1.26. The maximum absolute atomic E-state index is 14.3. The van der Waals surface area contributed by atoms with Crippen molar-refractivity contribution >= 4 is 11.6 Å². The fourth-order valence-electron chi connectivity index (χ4n) is 2.45. The Morgan fingerprint density at radius 3 is 2.39 bits per heavy atom. The third kappa shape index (κ3) is 1.84. The molecule has 0 saturated heterocycles. The van der Waals surface area contributed by atoms with Crippen molar-refractivity contribution in [1.82, 2.24) is 0 Å². The van der Waals surface area contributed by atoms with Crippen LogP contribution in [-0.4, -0.2) is 20.3 Å². The van der Waals surface area contributed by atoms with Crippen LogP contribution in [0.2, 0.25) is 5.02 Å². The summed E-state index contributed by atoms with van der Waals surface area (Å²) in [6.07, 6.45) is 1.67. The Morgan fingerprint density at radius 2 is 2.00 bits per heavy atom. The van der Waals surface area contributed by atoms with Crippen LogP contribution in [0.5, 0.6) is 11.5 Å². The molecular formula is C13H17ClFNO2. The van der Waals surface area contributed by atoms with Crippen LogP contribution in [0.15, 0.2) is 6.07 Å². The number of rotatable bonds is 4. The summed E-state index contributed by atoms with van der Waals surface area (Å²) in [5.74, 6) is 0.379. The zero-order chi connectivity index (χ0) is 13.5. The molecule has 0 aromatic heterocycles. The second-order valence-electron chi connectivity index (χ2n) is 4.73. The third-order valence-corrected chi connectivity index (χ3v) is 4.00. The molecule has 0 spiro atoms. The summed E-state index contributed by atoms with van der Waals surface area (Å²) in [5.41, 5.74) is 6.06. The lowest BCUT2D eigenvalue weighted by atomic mass is 9.88. The molecule has 100 valence electrons. The average Bonchev–Trinajstić information content (AvgIpc) is 3.12. The highest BCUT2D eigenvalue weighted by atomic mass is 35.5. The minimum Gasteiger partial charge on any atom is -0.493 e. The van der Waals surface area contributed by atoms with Gasteiger partial charge in [-0.05, 0) is 19.8 Å². The molecule has 0 aliphatic heterocycles. The monoisotopic (exact) mass is 273 g/mol. The van der Waals surface area contributed by atoms with Crippen molar-refractivity contribution in [3.05, 3.63) is 22.5 Å². The zero-order valence-corrected chi connectivity index (χ0v) is 11.5. The van der Waals surface area contributed by atoms with Gasteiger partial charge in [-0.1, -0.05) is 11.6 Å². The van der Waals surface area contributed by atoms with Gasteiger partial charge in [0, 0.05) is 23.1 Å². The van der Waals surface area contributed by atoms with Crippen molar-refractivity contribution in [2.75, 3.05) is 14.2 Å². The number of hydrogen-bond donors (Lipinski definition) is 1. The van der Waals surface area contributed by atoms with Crippen LogP contribution in [0.25, 0.3) is 0 Å². The predicted molar refractivity (Wildman–Crippen MR) is 69.1 cm³/mol. The number of halogens is 2. The molecule has 1 aliphatic carbocycles. The minimum absolute atomic E-state index is 0.0366. The topological polar surface area (TPSA) is 44.5 Å². The van der Waals surface area contributed by atoms with Gasteiger partial charge in [0.2, 0.25) is 0 Å². The lowest BCUT2D eigenvalue weighted by Crippen LogP contribution is -2.33. The Labute approximate surface area is 111 Å². The maximum Gasteiger partial charge on any atom is 0.167 e. The number of methoxy groups -OCH3 is 2. The Kier molecular flexibility index (Phi) is 3.43. The van der Waals surface area contributed by atoms with Crippen LogP contribution in [-0.2, 0) is 5.41 Å². The molecule has 0 radical (unpaired) electrons. The molecule has 2 N–H and O–H groups in total. The van der Waals surface area contributed by atoms with Crippen LogP contribution in [0, 0.1) is 5.82 Å². The van der Waals surface area contributed by atoms with Gasteiger partial charge in [-0.2, -0.15) is 0 Å². The Morgan fingerprint density at radius 1 is 1.39 bits per heavy atom. The summed E-state index contributed by atoms with van der Waals surface area (Å²) < 4.78 is 24.8. The van der Waals surface area contributed by atoms with Crippen molar-refractivity contribution < 1.29 is 13.9 Å². The SMILES string of the molecule is COc1cc(Cl)c(F)c(C2(C(C)N)CC2)c1OC. The van der Waals surface area contributed by atoms with Crippen molar-refractivity contribution in [3.63, 3.8) is 0 Å². The second-order valence-corrected chi connectivity index (χ2v) is 5.13. The minimum atomic E-state index is -0.455. The molecule has 1 aliphatic rings. The Balaban J connectivity index is 2.68. The number of ether oxygens (including phenoxy) is 2. The molecule has 3 nitrogen and oxygen atoms in total. The second kappa shape index (κ2) is 4.59. The first-order valence-corrected chi connectivity index (χ1v) is 6.21. The Bertz CT molecular complexity index is 473. The molecular weight excluding hydrogens is 257 g/mol. The smallest absolute Gasteiger partial charge is 0.167 e. The Hall–Kier alpha value is -1.00. The van der Waals surface area contributed by atoms with Crippen LogP contribution >= 0.6 is 11.6 Å². The fourth-order valence-corrected chi connectivity index (χ4v) is 2.65. The highest BCUT2D eigenvalue weighted by Gasteiger charge is 2.52. The number of benzene rings is 1. The molecule has 0 amide bonds. The van der Waals surface area contributed by atoms with Crippen LogP contribution in [0.1, 0.15) is 25.3 Å². The van der Waals surface area contributed by atoms with Crippen molar-refractivity contribution in [3.8, 4) is 11.5 Å². The maximum atomic E-state index is 14.3. The molecule has 1 aromatic rings. The standard InChI is InChI=1S/C13H17ClFNO2/c1-7(16)13(4-5-13)10-11(15)8(14)6-9(17-2)12(10)18-3/h6-7H,4-5,16H2,1-3H3. The van der Waals surface area contributed by atoms with Gasteiger partial charge in [-0.3, -0.25) is 0 Å². The van der Waals surface area contributed by atoms with E-state index in [1.165, 1.54) is 20.3 Å². The number of nitrogens with two attached hydrogens (primary N) is 1. The average molecular weight is 274 g/mol. The summed E-state index contributed by atoms with van der Waals surface area (Å²) in [5, 5.41) is 0.0366. The van der Waals surface area contributed by atoms with Gasteiger partial charge in [0.15, 0.2) is 11.5 Å². The van der Waals surface area contributed by atoms with Gasteiger partial charge in [0.05, 0.1) is 19.2 Å². The van der Waals surface area contributed by atoms with Gasteiger partial charge in [0.25, 0.3) is 0 Å². The van der Waals surface area contributed by atoms with Gasteiger partial charge >= 0.3 is 0 Å². The quantitative estimate of drug-likeness (QED) is 0.917. The molecule has 1 atom stereocenters. The first-order valence-electron chi connectivity index (χ1n) is 5.84. The predicted octanol–water partition coefficient (Wildman–Crippen LogP) is 2.88. The highest BCUT2D eigenvalue weighted by molar-refractivity contribution is 6.31. The van der Waals surface area contributed by atoms with E-state index < -0.39 is 5.82 Å². The van der Waals surface area contributed by atoms with E-state index in [1.807, 2.05) is 6.92 Å². The number of hydrogen-bond acceptors (Lipinski definition) is 3. The van der Waals surface area contributed by atoms with Crippen molar-refractivity contribution in [2.24, 2.45) is 5.73 Å². The molecule has 1 fully saturated rings. The van der Waals surface area contributed by atoms with E-state index >= 15 is 0 Å². The van der Waals surface area contributed by atoms with E-state index in [9.17, 15) is 4.39 Å². The van der Waals surface area contributed by atoms with Gasteiger partial charge in [-0.25, -0.2) is 4.39 Å². The zero-order valence-electron chi connectivity index (χ0n) is 10.7. The molecule has 1 aromatic carbocycles. The molecule has 1 unspecified atom stereocenters.